The monoisotopic (exact) mass is 372 g/mol. The SMILES string of the molecule is NC(=O)NCCC[C@H](NC(=O)[C@@H](N)Cc1ccc2ccccc2c1)C(=O)O. The first-order valence-corrected chi connectivity index (χ1v) is 8.66. The Labute approximate surface area is 156 Å². The second-order valence-corrected chi connectivity index (χ2v) is 6.32. The van der Waals surface area contributed by atoms with Crippen molar-refractivity contribution in [1.82, 2.24) is 10.6 Å². The van der Waals surface area contributed by atoms with Crippen molar-refractivity contribution >= 4 is 28.7 Å². The van der Waals surface area contributed by atoms with Gasteiger partial charge in [-0.1, -0.05) is 42.5 Å². The molecule has 2 rings (SSSR count). The van der Waals surface area contributed by atoms with Crippen LogP contribution in [0, 0.1) is 0 Å². The summed E-state index contributed by atoms with van der Waals surface area (Å²) >= 11 is 0. The van der Waals surface area contributed by atoms with Crippen LogP contribution in [0.15, 0.2) is 42.5 Å². The zero-order valence-electron chi connectivity index (χ0n) is 14.9. The smallest absolute Gasteiger partial charge is 0.326 e. The molecule has 2 aromatic carbocycles. The third kappa shape index (κ3) is 6.27. The number of nitrogens with one attached hydrogen (secondary N) is 2. The standard InChI is InChI=1S/C19H24N4O4/c20-15(11-12-7-8-13-4-1-2-5-14(13)10-12)17(24)23-16(18(25)26)6-3-9-22-19(21)27/h1-2,4-5,7-8,10,15-16H,3,6,9,11,20H2,(H,23,24)(H,25,26)(H3,21,22,27)/t15-,16-/m0/s1. The van der Waals surface area contributed by atoms with E-state index < -0.39 is 30.0 Å². The molecule has 0 aliphatic rings. The summed E-state index contributed by atoms with van der Waals surface area (Å²) in [5, 5.41) is 16.2. The van der Waals surface area contributed by atoms with E-state index in [1.54, 1.807) is 0 Å². The molecule has 8 nitrogen and oxygen atoms in total. The molecule has 0 aromatic heterocycles. The average molecular weight is 372 g/mol. The maximum Gasteiger partial charge on any atom is 0.326 e. The molecular formula is C19H24N4O4. The number of carboxylic acid groups (broad SMARTS) is 1. The molecule has 0 fully saturated rings. The lowest BCUT2D eigenvalue weighted by Gasteiger charge is -2.18. The zero-order chi connectivity index (χ0) is 19.8. The number of aliphatic carboxylic acids is 1. The van der Waals surface area contributed by atoms with Crippen LogP contribution in [0.2, 0.25) is 0 Å². The van der Waals surface area contributed by atoms with E-state index in [1.165, 1.54) is 0 Å². The van der Waals surface area contributed by atoms with E-state index in [9.17, 15) is 19.5 Å². The van der Waals surface area contributed by atoms with Gasteiger partial charge in [-0.2, -0.15) is 0 Å². The Bertz CT molecular complexity index is 824. The topological polar surface area (TPSA) is 148 Å². The van der Waals surface area contributed by atoms with Crippen LogP contribution >= 0.6 is 0 Å². The number of hydrogen-bond donors (Lipinski definition) is 5. The summed E-state index contributed by atoms with van der Waals surface area (Å²) in [6, 6.07) is 11.1. The highest BCUT2D eigenvalue weighted by Crippen LogP contribution is 2.16. The van der Waals surface area contributed by atoms with Crippen LogP contribution in [-0.4, -0.2) is 41.6 Å². The lowest BCUT2D eigenvalue weighted by atomic mass is 10.0. The number of nitrogens with two attached hydrogens (primary N) is 2. The molecule has 0 spiro atoms. The van der Waals surface area contributed by atoms with Crippen molar-refractivity contribution in [3.63, 3.8) is 0 Å². The fraction of sp³-hybridized carbons (Fsp3) is 0.316. The van der Waals surface area contributed by atoms with Crippen molar-refractivity contribution in [3.8, 4) is 0 Å². The van der Waals surface area contributed by atoms with Gasteiger partial charge in [0.1, 0.15) is 6.04 Å². The number of urea groups is 1. The van der Waals surface area contributed by atoms with Crippen molar-refractivity contribution in [1.29, 1.82) is 0 Å². The number of carbonyl (C=O) groups excluding carboxylic acids is 2. The van der Waals surface area contributed by atoms with Crippen LogP contribution in [0.4, 0.5) is 4.79 Å². The summed E-state index contributed by atoms with van der Waals surface area (Å²) in [4.78, 5) is 34.2. The third-order valence-electron chi connectivity index (χ3n) is 4.19. The quantitative estimate of drug-likeness (QED) is 0.412. The summed E-state index contributed by atoms with van der Waals surface area (Å²) in [6.07, 6.45) is 0.816. The summed E-state index contributed by atoms with van der Waals surface area (Å²) < 4.78 is 0. The fourth-order valence-electron chi connectivity index (χ4n) is 2.77. The van der Waals surface area contributed by atoms with Crippen molar-refractivity contribution in [2.45, 2.75) is 31.3 Å². The number of primary amides is 1. The van der Waals surface area contributed by atoms with Gasteiger partial charge < -0.3 is 27.2 Å². The Hall–Kier alpha value is -3.13. The molecule has 2 atom stereocenters. The molecule has 0 saturated heterocycles. The number of rotatable bonds is 9. The number of carbonyl (C=O) groups is 3. The maximum atomic E-state index is 12.3. The molecule has 0 radical (unpaired) electrons. The number of benzene rings is 2. The van der Waals surface area contributed by atoms with E-state index in [2.05, 4.69) is 10.6 Å². The lowest BCUT2D eigenvalue weighted by molar-refractivity contribution is -0.142. The first kappa shape index (κ1) is 20.2. The minimum absolute atomic E-state index is 0.157. The molecule has 0 unspecified atom stereocenters. The Morgan fingerprint density at radius 1 is 1.07 bits per heavy atom. The second kappa shape index (κ2) is 9.54. The van der Waals surface area contributed by atoms with Crippen LogP contribution in [0.5, 0.6) is 0 Å². The molecule has 0 bridgehead atoms. The minimum Gasteiger partial charge on any atom is -0.480 e. The minimum atomic E-state index is -1.15. The highest BCUT2D eigenvalue weighted by Gasteiger charge is 2.23. The molecule has 8 heteroatoms. The highest BCUT2D eigenvalue weighted by molar-refractivity contribution is 5.87. The fourth-order valence-corrected chi connectivity index (χ4v) is 2.77. The molecular weight excluding hydrogens is 348 g/mol. The predicted molar refractivity (Wildman–Crippen MR) is 102 cm³/mol. The van der Waals surface area contributed by atoms with Gasteiger partial charge >= 0.3 is 12.0 Å². The first-order chi connectivity index (χ1) is 12.9. The van der Waals surface area contributed by atoms with Crippen LogP contribution in [-0.2, 0) is 16.0 Å². The second-order valence-electron chi connectivity index (χ2n) is 6.32. The van der Waals surface area contributed by atoms with Crippen molar-refractivity contribution in [3.05, 3.63) is 48.0 Å². The van der Waals surface area contributed by atoms with Crippen LogP contribution in [0.3, 0.4) is 0 Å². The normalized spacial score (nSPS) is 12.9. The number of carboxylic acids is 1. The molecule has 27 heavy (non-hydrogen) atoms. The average Bonchev–Trinajstić information content (AvgIpc) is 2.63. The van der Waals surface area contributed by atoms with Crippen LogP contribution < -0.4 is 22.1 Å². The van der Waals surface area contributed by atoms with E-state index in [1.807, 2.05) is 42.5 Å². The molecule has 7 N–H and O–H groups in total. The molecule has 3 amide bonds. The van der Waals surface area contributed by atoms with Gasteiger partial charge in [0.2, 0.25) is 5.91 Å². The van der Waals surface area contributed by atoms with Gasteiger partial charge in [-0.25, -0.2) is 9.59 Å². The van der Waals surface area contributed by atoms with Gasteiger partial charge in [0, 0.05) is 6.54 Å². The molecule has 2 aromatic rings. The number of amides is 3. The Balaban J connectivity index is 1.91. The van der Waals surface area contributed by atoms with Crippen molar-refractivity contribution < 1.29 is 19.5 Å². The summed E-state index contributed by atoms with van der Waals surface area (Å²) in [5.74, 6) is -1.68. The van der Waals surface area contributed by atoms with Gasteiger partial charge in [-0.3, -0.25) is 4.79 Å². The molecule has 0 aliphatic heterocycles. The van der Waals surface area contributed by atoms with E-state index in [0.717, 1.165) is 16.3 Å². The van der Waals surface area contributed by atoms with Crippen molar-refractivity contribution in [2.75, 3.05) is 6.54 Å². The van der Waals surface area contributed by atoms with E-state index in [4.69, 9.17) is 11.5 Å². The third-order valence-corrected chi connectivity index (χ3v) is 4.19. The summed E-state index contributed by atoms with van der Waals surface area (Å²) in [7, 11) is 0. The van der Waals surface area contributed by atoms with Gasteiger partial charge in [0.25, 0.3) is 0 Å². The zero-order valence-corrected chi connectivity index (χ0v) is 14.9. The molecule has 144 valence electrons. The predicted octanol–water partition coefficient (Wildman–Crippen LogP) is 0.728. The molecule has 0 saturated carbocycles. The largest absolute Gasteiger partial charge is 0.480 e. The van der Waals surface area contributed by atoms with Gasteiger partial charge in [0.05, 0.1) is 6.04 Å². The number of hydrogen-bond acceptors (Lipinski definition) is 4. The van der Waals surface area contributed by atoms with E-state index in [0.29, 0.717) is 12.8 Å². The molecule has 0 aliphatic carbocycles. The summed E-state index contributed by atoms with van der Waals surface area (Å²) in [5.41, 5.74) is 11.8. The van der Waals surface area contributed by atoms with E-state index in [-0.39, 0.29) is 13.0 Å². The Kier molecular flexibility index (Phi) is 7.13. The number of fused-ring (bicyclic) bond motifs is 1. The maximum absolute atomic E-state index is 12.3. The van der Waals surface area contributed by atoms with Crippen molar-refractivity contribution in [2.24, 2.45) is 11.5 Å². The Morgan fingerprint density at radius 2 is 1.78 bits per heavy atom. The Morgan fingerprint density at radius 3 is 2.44 bits per heavy atom. The summed E-state index contributed by atoms with van der Waals surface area (Å²) in [6.45, 7) is 0.234. The first-order valence-electron chi connectivity index (χ1n) is 8.66. The van der Waals surface area contributed by atoms with Gasteiger partial charge in [-0.15, -0.1) is 0 Å². The lowest BCUT2D eigenvalue weighted by Crippen LogP contribution is -2.49. The van der Waals surface area contributed by atoms with E-state index >= 15 is 0 Å². The van der Waals surface area contributed by atoms with Crippen LogP contribution in [0.1, 0.15) is 18.4 Å². The molecule has 0 heterocycles. The highest BCUT2D eigenvalue weighted by atomic mass is 16.4. The van der Waals surface area contributed by atoms with Crippen LogP contribution in [0.25, 0.3) is 10.8 Å². The van der Waals surface area contributed by atoms with Gasteiger partial charge in [0.15, 0.2) is 0 Å². The van der Waals surface area contributed by atoms with Gasteiger partial charge in [-0.05, 0) is 35.6 Å².